The average Bonchev–Trinajstić information content (AvgIpc) is 2.39. The Morgan fingerprint density at radius 1 is 1.47 bits per heavy atom. The monoisotopic (exact) mass is 289 g/mol. The number of aliphatic hydroxyl groups is 1. The summed E-state index contributed by atoms with van der Waals surface area (Å²) in [5.41, 5.74) is -0.637. The van der Waals surface area contributed by atoms with Gasteiger partial charge in [0.2, 0.25) is 0 Å². The van der Waals surface area contributed by atoms with Gasteiger partial charge in [-0.05, 0) is 57.6 Å². The molecular formula is C14H27NO3S. The van der Waals surface area contributed by atoms with E-state index in [1.807, 2.05) is 18.7 Å². The Hall–Kier alpha value is -0.260. The average molecular weight is 289 g/mol. The third-order valence-electron chi connectivity index (χ3n) is 3.69. The van der Waals surface area contributed by atoms with Crippen molar-refractivity contribution in [1.29, 1.82) is 0 Å². The first kappa shape index (κ1) is 16.8. The van der Waals surface area contributed by atoms with E-state index in [4.69, 9.17) is 4.74 Å². The van der Waals surface area contributed by atoms with E-state index in [-0.39, 0.29) is 11.9 Å². The van der Waals surface area contributed by atoms with E-state index in [0.717, 1.165) is 31.6 Å². The van der Waals surface area contributed by atoms with E-state index in [0.29, 0.717) is 26.0 Å². The number of thioether (sulfide) groups is 1. The van der Waals surface area contributed by atoms with Crippen LogP contribution in [0.2, 0.25) is 0 Å². The number of ether oxygens (including phenoxy) is 1. The minimum Gasteiger partial charge on any atom is -0.466 e. The fourth-order valence-corrected chi connectivity index (χ4v) is 2.92. The van der Waals surface area contributed by atoms with Crippen LogP contribution in [-0.2, 0) is 9.53 Å². The lowest BCUT2D eigenvalue weighted by Gasteiger charge is -2.35. The van der Waals surface area contributed by atoms with Gasteiger partial charge in [0.1, 0.15) is 0 Å². The van der Waals surface area contributed by atoms with Gasteiger partial charge in [-0.25, -0.2) is 0 Å². The summed E-state index contributed by atoms with van der Waals surface area (Å²) in [6, 6.07) is 0. The van der Waals surface area contributed by atoms with E-state index >= 15 is 0 Å². The molecule has 5 heteroatoms. The van der Waals surface area contributed by atoms with Gasteiger partial charge in [-0.15, -0.1) is 0 Å². The van der Waals surface area contributed by atoms with Crippen molar-refractivity contribution in [2.75, 3.05) is 31.7 Å². The highest BCUT2D eigenvalue weighted by Gasteiger charge is 2.35. The van der Waals surface area contributed by atoms with Gasteiger partial charge < -0.3 is 15.2 Å². The normalized spacial score (nSPS) is 27.2. The van der Waals surface area contributed by atoms with Crippen LogP contribution < -0.4 is 5.32 Å². The van der Waals surface area contributed by atoms with Crippen LogP contribution >= 0.6 is 11.8 Å². The summed E-state index contributed by atoms with van der Waals surface area (Å²) in [6.07, 6.45) is 6.08. The van der Waals surface area contributed by atoms with Crippen LogP contribution in [0, 0.1) is 5.92 Å². The Labute approximate surface area is 120 Å². The molecule has 1 rings (SSSR count). The van der Waals surface area contributed by atoms with Gasteiger partial charge in [-0.1, -0.05) is 0 Å². The minimum atomic E-state index is -0.637. The molecule has 0 aromatic carbocycles. The first-order valence-corrected chi connectivity index (χ1v) is 8.59. The van der Waals surface area contributed by atoms with Crippen molar-refractivity contribution >= 4 is 17.7 Å². The summed E-state index contributed by atoms with van der Waals surface area (Å²) in [4.78, 5) is 11.6. The number of rotatable bonds is 8. The molecule has 19 heavy (non-hydrogen) atoms. The van der Waals surface area contributed by atoms with Crippen molar-refractivity contribution in [1.82, 2.24) is 5.32 Å². The van der Waals surface area contributed by atoms with E-state index in [9.17, 15) is 9.90 Å². The van der Waals surface area contributed by atoms with Gasteiger partial charge in [-0.2, -0.15) is 11.8 Å². The molecule has 0 heterocycles. The Bertz CT molecular complexity index is 265. The predicted octanol–water partition coefficient (Wildman–Crippen LogP) is 1.81. The Morgan fingerprint density at radius 3 is 2.74 bits per heavy atom. The molecule has 0 saturated heterocycles. The smallest absolute Gasteiger partial charge is 0.308 e. The molecule has 1 saturated carbocycles. The third kappa shape index (κ3) is 6.15. The van der Waals surface area contributed by atoms with E-state index in [1.54, 1.807) is 0 Å². The molecule has 0 spiro atoms. The Morgan fingerprint density at radius 2 is 2.16 bits per heavy atom. The molecular weight excluding hydrogens is 262 g/mol. The fourth-order valence-electron chi connectivity index (χ4n) is 2.49. The maximum atomic E-state index is 11.6. The summed E-state index contributed by atoms with van der Waals surface area (Å²) in [5.74, 6) is 1.03. The van der Waals surface area contributed by atoms with Crippen LogP contribution in [0.5, 0.6) is 0 Å². The second-order valence-corrected chi connectivity index (χ2v) is 6.26. The van der Waals surface area contributed by atoms with Crippen LogP contribution in [0.3, 0.4) is 0 Å². The van der Waals surface area contributed by atoms with Crippen molar-refractivity contribution in [2.45, 2.75) is 44.6 Å². The standard InChI is InChI=1S/C14H27NO3S/c1-3-18-13(16)12-5-7-14(17,8-6-12)11-15-9-4-10-19-2/h12,15,17H,3-11H2,1-2H3. The zero-order valence-corrected chi connectivity index (χ0v) is 12.9. The Kier molecular flexibility index (Phi) is 7.80. The molecule has 0 aliphatic heterocycles. The number of hydrogen-bond acceptors (Lipinski definition) is 5. The molecule has 0 aromatic heterocycles. The maximum Gasteiger partial charge on any atom is 0.308 e. The van der Waals surface area contributed by atoms with Crippen molar-refractivity contribution in [3.05, 3.63) is 0 Å². The van der Waals surface area contributed by atoms with Crippen molar-refractivity contribution in [3.63, 3.8) is 0 Å². The SMILES string of the molecule is CCOC(=O)C1CCC(O)(CNCCCSC)CC1. The highest BCUT2D eigenvalue weighted by molar-refractivity contribution is 7.98. The van der Waals surface area contributed by atoms with Crippen molar-refractivity contribution in [2.24, 2.45) is 5.92 Å². The highest BCUT2D eigenvalue weighted by atomic mass is 32.2. The molecule has 0 radical (unpaired) electrons. The minimum absolute atomic E-state index is 0.0169. The first-order chi connectivity index (χ1) is 9.11. The summed E-state index contributed by atoms with van der Waals surface area (Å²) in [6.45, 7) is 3.85. The molecule has 1 aliphatic rings. The lowest BCUT2D eigenvalue weighted by Crippen LogP contribution is -2.44. The quantitative estimate of drug-likeness (QED) is 0.527. The summed E-state index contributed by atoms with van der Waals surface area (Å²) >= 11 is 1.84. The molecule has 4 nitrogen and oxygen atoms in total. The van der Waals surface area contributed by atoms with Crippen molar-refractivity contribution in [3.8, 4) is 0 Å². The number of nitrogens with one attached hydrogen (secondary N) is 1. The molecule has 0 amide bonds. The first-order valence-electron chi connectivity index (χ1n) is 7.20. The molecule has 1 aliphatic carbocycles. The van der Waals surface area contributed by atoms with Crippen LogP contribution in [0.4, 0.5) is 0 Å². The van der Waals surface area contributed by atoms with Crippen molar-refractivity contribution < 1.29 is 14.6 Å². The summed E-state index contributed by atoms with van der Waals surface area (Å²) < 4.78 is 5.04. The van der Waals surface area contributed by atoms with Gasteiger partial charge in [0.25, 0.3) is 0 Å². The summed E-state index contributed by atoms with van der Waals surface area (Å²) in [7, 11) is 0. The molecule has 0 aromatic rings. The predicted molar refractivity (Wildman–Crippen MR) is 79.4 cm³/mol. The fraction of sp³-hybridized carbons (Fsp3) is 0.929. The number of hydrogen-bond donors (Lipinski definition) is 2. The van der Waals surface area contributed by atoms with Crippen LogP contribution in [0.25, 0.3) is 0 Å². The zero-order valence-electron chi connectivity index (χ0n) is 12.1. The molecule has 0 unspecified atom stereocenters. The molecule has 2 N–H and O–H groups in total. The van der Waals surface area contributed by atoms with Gasteiger partial charge in [-0.3, -0.25) is 4.79 Å². The summed E-state index contributed by atoms with van der Waals surface area (Å²) in [5, 5.41) is 13.8. The Balaban J connectivity index is 2.21. The second-order valence-electron chi connectivity index (χ2n) is 5.27. The largest absolute Gasteiger partial charge is 0.466 e. The second kappa shape index (κ2) is 8.82. The van der Waals surface area contributed by atoms with E-state index < -0.39 is 5.60 Å². The lowest BCUT2D eigenvalue weighted by molar-refractivity contribution is -0.151. The third-order valence-corrected chi connectivity index (χ3v) is 4.39. The topological polar surface area (TPSA) is 58.6 Å². The van der Waals surface area contributed by atoms with Crippen LogP contribution in [0.15, 0.2) is 0 Å². The van der Waals surface area contributed by atoms with Gasteiger partial charge >= 0.3 is 5.97 Å². The molecule has 0 atom stereocenters. The lowest BCUT2D eigenvalue weighted by atomic mass is 9.79. The zero-order chi connectivity index (χ0) is 14.1. The van der Waals surface area contributed by atoms with E-state index in [1.165, 1.54) is 0 Å². The van der Waals surface area contributed by atoms with E-state index in [2.05, 4.69) is 11.6 Å². The molecule has 1 fully saturated rings. The van der Waals surface area contributed by atoms with Crippen LogP contribution in [0.1, 0.15) is 39.0 Å². The van der Waals surface area contributed by atoms with Gasteiger partial charge in [0.05, 0.1) is 18.1 Å². The van der Waals surface area contributed by atoms with Gasteiger partial charge in [0.15, 0.2) is 0 Å². The number of carbonyl (C=O) groups is 1. The molecule has 0 bridgehead atoms. The van der Waals surface area contributed by atoms with Gasteiger partial charge in [0, 0.05) is 6.54 Å². The maximum absolute atomic E-state index is 11.6. The number of carbonyl (C=O) groups excluding carboxylic acids is 1. The number of esters is 1. The van der Waals surface area contributed by atoms with Crippen LogP contribution in [-0.4, -0.2) is 48.4 Å². The highest BCUT2D eigenvalue weighted by Crippen LogP contribution is 2.32. The molecule has 112 valence electrons.